The number of amides is 1. The molecule has 1 saturated carbocycles. The zero-order chi connectivity index (χ0) is 17.2. The van der Waals surface area contributed by atoms with Crippen LogP contribution < -0.4 is 14.8 Å². The number of carbonyl (C=O) groups excluding carboxylic acids is 1. The van der Waals surface area contributed by atoms with Gasteiger partial charge in [-0.2, -0.15) is 0 Å². The second kappa shape index (κ2) is 6.71. The van der Waals surface area contributed by atoms with Crippen molar-refractivity contribution < 1.29 is 24.2 Å². The quantitative estimate of drug-likeness (QED) is 0.883. The highest BCUT2D eigenvalue weighted by atomic mass is 16.6. The number of hydrogen-bond donors (Lipinski definition) is 2. The van der Waals surface area contributed by atoms with E-state index in [-0.39, 0.29) is 6.61 Å². The van der Waals surface area contributed by atoms with Crippen molar-refractivity contribution in [2.75, 3.05) is 6.61 Å². The molecule has 6 nitrogen and oxygen atoms in total. The molecule has 2 aliphatic rings. The van der Waals surface area contributed by atoms with Gasteiger partial charge in [0.1, 0.15) is 12.1 Å². The monoisotopic (exact) mass is 333 g/mol. The zero-order valence-corrected chi connectivity index (χ0v) is 13.8. The van der Waals surface area contributed by atoms with Gasteiger partial charge in [0, 0.05) is 0 Å². The van der Waals surface area contributed by atoms with E-state index in [0.29, 0.717) is 30.3 Å². The molecule has 1 atom stereocenters. The highest BCUT2D eigenvalue weighted by molar-refractivity contribution is 5.89. The van der Waals surface area contributed by atoms with Gasteiger partial charge in [0.2, 0.25) is 6.10 Å². The van der Waals surface area contributed by atoms with Crippen molar-refractivity contribution in [2.45, 2.75) is 50.7 Å². The summed E-state index contributed by atoms with van der Waals surface area (Å²) in [6.45, 7) is 2.19. The van der Waals surface area contributed by atoms with E-state index in [4.69, 9.17) is 9.47 Å². The minimum absolute atomic E-state index is 0.0795. The van der Waals surface area contributed by atoms with Gasteiger partial charge in [0.25, 0.3) is 5.91 Å². The molecule has 0 radical (unpaired) electrons. The van der Waals surface area contributed by atoms with Gasteiger partial charge < -0.3 is 19.9 Å². The maximum Gasteiger partial charge on any atom is 0.329 e. The van der Waals surface area contributed by atoms with Gasteiger partial charge in [-0.1, -0.05) is 25.5 Å². The summed E-state index contributed by atoms with van der Waals surface area (Å²) >= 11 is 0. The standard InChI is InChI=1S/C18H23NO5/c1-2-12-7-9-18(10-8-12,17(21)22)19-16(20)15-11-23-13-5-3-4-6-14(13)24-15/h3-6,12,15H,2,7-11H2,1H3,(H,19,20)(H,21,22). The van der Waals surface area contributed by atoms with Crippen LogP contribution in [0.15, 0.2) is 24.3 Å². The molecule has 0 bridgehead atoms. The number of nitrogens with one attached hydrogen (secondary N) is 1. The van der Waals surface area contributed by atoms with Crippen molar-refractivity contribution in [1.29, 1.82) is 0 Å². The molecule has 6 heteroatoms. The molecule has 1 fully saturated rings. The Morgan fingerprint density at radius 1 is 1.25 bits per heavy atom. The van der Waals surface area contributed by atoms with Crippen LogP contribution in [0.5, 0.6) is 11.5 Å². The largest absolute Gasteiger partial charge is 0.485 e. The van der Waals surface area contributed by atoms with E-state index in [2.05, 4.69) is 12.2 Å². The van der Waals surface area contributed by atoms with Gasteiger partial charge >= 0.3 is 5.97 Å². The van der Waals surface area contributed by atoms with Crippen LogP contribution in [0.2, 0.25) is 0 Å². The SMILES string of the molecule is CCC1CCC(NC(=O)C2COc3ccccc3O2)(C(=O)O)CC1. The molecule has 0 spiro atoms. The zero-order valence-electron chi connectivity index (χ0n) is 13.8. The maximum absolute atomic E-state index is 12.6. The Morgan fingerprint density at radius 3 is 2.54 bits per heavy atom. The number of carboxylic acid groups (broad SMARTS) is 1. The Morgan fingerprint density at radius 2 is 1.92 bits per heavy atom. The highest BCUT2D eigenvalue weighted by Crippen LogP contribution is 2.35. The van der Waals surface area contributed by atoms with Gasteiger partial charge in [-0.05, 0) is 43.7 Å². The topological polar surface area (TPSA) is 84.9 Å². The molecule has 1 amide bonds. The van der Waals surface area contributed by atoms with Crippen molar-refractivity contribution in [3.05, 3.63) is 24.3 Å². The third-order valence-corrected chi connectivity index (χ3v) is 5.11. The van der Waals surface area contributed by atoms with Gasteiger partial charge in [-0.25, -0.2) is 4.79 Å². The Bertz CT molecular complexity index is 622. The molecular formula is C18H23NO5. The van der Waals surface area contributed by atoms with Crippen molar-refractivity contribution in [3.63, 3.8) is 0 Å². The lowest BCUT2D eigenvalue weighted by molar-refractivity contribution is -0.151. The maximum atomic E-state index is 12.6. The lowest BCUT2D eigenvalue weighted by atomic mass is 9.75. The predicted molar refractivity (Wildman–Crippen MR) is 87.1 cm³/mol. The highest BCUT2D eigenvalue weighted by Gasteiger charge is 2.44. The smallest absolute Gasteiger partial charge is 0.329 e. The Kier molecular flexibility index (Phi) is 4.64. The minimum Gasteiger partial charge on any atom is -0.485 e. The average Bonchev–Trinajstić information content (AvgIpc) is 2.61. The van der Waals surface area contributed by atoms with Gasteiger partial charge in [-0.3, -0.25) is 4.79 Å². The number of fused-ring (bicyclic) bond motifs is 1. The van der Waals surface area contributed by atoms with Gasteiger partial charge in [0.05, 0.1) is 0 Å². The van der Waals surface area contributed by atoms with Crippen molar-refractivity contribution in [3.8, 4) is 11.5 Å². The van der Waals surface area contributed by atoms with Crippen LogP contribution in [-0.4, -0.2) is 35.2 Å². The van der Waals surface area contributed by atoms with E-state index in [1.165, 1.54) is 0 Å². The molecule has 1 heterocycles. The van der Waals surface area contributed by atoms with E-state index in [1.54, 1.807) is 18.2 Å². The molecule has 24 heavy (non-hydrogen) atoms. The van der Waals surface area contributed by atoms with Gasteiger partial charge in [-0.15, -0.1) is 0 Å². The van der Waals surface area contributed by atoms with Crippen LogP contribution in [0.1, 0.15) is 39.0 Å². The fraction of sp³-hybridized carbons (Fsp3) is 0.556. The fourth-order valence-electron chi connectivity index (χ4n) is 3.44. The summed E-state index contributed by atoms with van der Waals surface area (Å²) in [6, 6.07) is 7.13. The summed E-state index contributed by atoms with van der Waals surface area (Å²) in [5, 5.41) is 12.4. The van der Waals surface area contributed by atoms with Crippen LogP contribution in [0, 0.1) is 5.92 Å². The van der Waals surface area contributed by atoms with E-state index in [1.807, 2.05) is 6.07 Å². The minimum atomic E-state index is -1.19. The van der Waals surface area contributed by atoms with Crippen LogP contribution in [0.4, 0.5) is 0 Å². The first-order valence-electron chi connectivity index (χ1n) is 8.48. The molecule has 130 valence electrons. The molecule has 1 aromatic rings. The lowest BCUT2D eigenvalue weighted by Gasteiger charge is -2.38. The summed E-state index contributed by atoms with van der Waals surface area (Å²) < 4.78 is 11.2. The number of benzene rings is 1. The van der Waals surface area contributed by atoms with E-state index in [0.717, 1.165) is 19.3 Å². The number of rotatable bonds is 4. The summed E-state index contributed by atoms with van der Waals surface area (Å²) in [5.74, 6) is 0.237. The Hall–Kier alpha value is -2.24. The lowest BCUT2D eigenvalue weighted by Crippen LogP contribution is -2.60. The molecule has 1 unspecified atom stereocenters. The molecule has 1 aromatic carbocycles. The second-order valence-corrected chi connectivity index (χ2v) is 6.59. The van der Waals surface area contributed by atoms with Gasteiger partial charge in [0.15, 0.2) is 11.5 Å². The van der Waals surface area contributed by atoms with Crippen LogP contribution in [0.3, 0.4) is 0 Å². The van der Waals surface area contributed by atoms with E-state index < -0.39 is 23.5 Å². The van der Waals surface area contributed by atoms with Crippen LogP contribution in [0.25, 0.3) is 0 Å². The van der Waals surface area contributed by atoms with E-state index in [9.17, 15) is 14.7 Å². The second-order valence-electron chi connectivity index (χ2n) is 6.59. The molecule has 0 saturated heterocycles. The first kappa shape index (κ1) is 16.6. The number of para-hydroxylation sites is 2. The molecule has 2 N–H and O–H groups in total. The Balaban J connectivity index is 1.68. The third kappa shape index (κ3) is 3.18. The molecular weight excluding hydrogens is 310 g/mol. The molecule has 1 aliphatic heterocycles. The molecule has 0 aromatic heterocycles. The van der Waals surface area contributed by atoms with Crippen LogP contribution in [-0.2, 0) is 9.59 Å². The van der Waals surface area contributed by atoms with E-state index >= 15 is 0 Å². The fourth-order valence-corrected chi connectivity index (χ4v) is 3.44. The summed E-state index contributed by atoms with van der Waals surface area (Å²) in [4.78, 5) is 24.4. The normalized spacial score (nSPS) is 28.9. The molecule has 3 rings (SSSR count). The summed E-state index contributed by atoms with van der Waals surface area (Å²) in [6.07, 6.45) is 2.75. The third-order valence-electron chi connectivity index (χ3n) is 5.11. The van der Waals surface area contributed by atoms with Crippen molar-refractivity contribution in [2.24, 2.45) is 5.92 Å². The molecule has 1 aliphatic carbocycles. The number of carboxylic acids is 1. The number of carbonyl (C=O) groups is 2. The first-order chi connectivity index (χ1) is 11.5. The predicted octanol–water partition coefficient (Wildman–Crippen LogP) is 2.37. The summed E-state index contributed by atoms with van der Waals surface area (Å²) in [7, 11) is 0. The average molecular weight is 333 g/mol. The number of aliphatic carboxylic acids is 1. The van der Waals surface area contributed by atoms with Crippen molar-refractivity contribution in [1.82, 2.24) is 5.32 Å². The first-order valence-corrected chi connectivity index (χ1v) is 8.48. The van der Waals surface area contributed by atoms with Crippen LogP contribution >= 0.6 is 0 Å². The Labute approximate surface area is 141 Å². The number of ether oxygens (including phenoxy) is 2. The van der Waals surface area contributed by atoms with Crippen molar-refractivity contribution >= 4 is 11.9 Å². The summed E-state index contributed by atoms with van der Waals surface area (Å²) in [5.41, 5.74) is -1.19. The number of hydrogen-bond acceptors (Lipinski definition) is 4.